The summed E-state index contributed by atoms with van der Waals surface area (Å²) >= 11 is 0. The molecule has 0 fully saturated rings. The zero-order chi connectivity index (χ0) is 14.0. The fourth-order valence-corrected chi connectivity index (χ4v) is 3.17. The Morgan fingerprint density at radius 1 is 1.37 bits per heavy atom. The van der Waals surface area contributed by atoms with Crippen molar-refractivity contribution in [1.82, 2.24) is 15.3 Å². The van der Waals surface area contributed by atoms with Gasteiger partial charge in [-0.3, -0.25) is 0 Å². The Morgan fingerprint density at radius 2 is 2.05 bits per heavy atom. The van der Waals surface area contributed by atoms with Crippen molar-refractivity contribution >= 4 is 0 Å². The van der Waals surface area contributed by atoms with Crippen LogP contribution in [0.2, 0.25) is 0 Å². The van der Waals surface area contributed by atoms with E-state index in [1.54, 1.807) is 0 Å². The number of rotatable bonds is 4. The quantitative estimate of drug-likeness (QED) is 0.899. The second-order valence-corrected chi connectivity index (χ2v) is 6.53. The van der Waals surface area contributed by atoms with Crippen molar-refractivity contribution in [3.05, 3.63) is 23.3 Å². The molecule has 0 aliphatic heterocycles. The normalized spacial score (nSPS) is 21.5. The fourth-order valence-electron chi connectivity index (χ4n) is 3.17. The number of hydrogen-bond acceptors (Lipinski definition) is 3. The van der Waals surface area contributed by atoms with Crippen LogP contribution < -0.4 is 5.32 Å². The van der Waals surface area contributed by atoms with E-state index in [0.29, 0.717) is 17.4 Å². The van der Waals surface area contributed by atoms with Gasteiger partial charge in [0.2, 0.25) is 0 Å². The van der Waals surface area contributed by atoms with Gasteiger partial charge >= 0.3 is 0 Å². The molecule has 106 valence electrons. The number of hydrogen-bond donors (Lipinski definition) is 1. The Morgan fingerprint density at radius 3 is 2.63 bits per heavy atom. The summed E-state index contributed by atoms with van der Waals surface area (Å²) in [5.41, 5.74) is 2.88. The summed E-state index contributed by atoms with van der Waals surface area (Å²) in [5, 5.41) is 3.41. The van der Waals surface area contributed by atoms with Crippen molar-refractivity contribution < 1.29 is 0 Å². The number of aromatic nitrogens is 2. The van der Waals surface area contributed by atoms with E-state index in [2.05, 4.69) is 44.2 Å². The first-order chi connectivity index (χ1) is 9.00. The summed E-state index contributed by atoms with van der Waals surface area (Å²) in [7, 11) is 2.03. The molecular formula is C16H27N3. The summed E-state index contributed by atoms with van der Waals surface area (Å²) in [5.74, 6) is 1.54. The molecule has 1 aliphatic rings. The molecule has 3 nitrogen and oxygen atoms in total. The second kappa shape index (κ2) is 5.58. The highest BCUT2D eigenvalue weighted by Gasteiger charge is 2.33. The number of nitrogens with one attached hydrogen (secondary N) is 1. The molecule has 1 heterocycles. The molecule has 1 aromatic heterocycles. The predicted octanol–water partition coefficient (Wildman–Crippen LogP) is 3.61. The Labute approximate surface area is 117 Å². The summed E-state index contributed by atoms with van der Waals surface area (Å²) < 4.78 is 0. The summed E-state index contributed by atoms with van der Waals surface area (Å²) in [4.78, 5) is 9.53. The molecule has 0 amide bonds. The van der Waals surface area contributed by atoms with Gasteiger partial charge in [0.05, 0.1) is 0 Å². The van der Waals surface area contributed by atoms with Gasteiger partial charge in [-0.05, 0) is 38.1 Å². The minimum atomic E-state index is 0.320. The highest BCUT2D eigenvalue weighted by Crippen LogP contribution is 2.39. The number of nitrogens with zero attached hydrogens (tertiary/aromatic N) is 2. The maximum Gasteiger partial charge on any atom is 0.131 e. The van der Waals surface area contributed by atoms with E-state index in [-0.39, 0.29) is 0 Å². The van der Waals surface area contributed by atoms with Crippen LogP contribution in [0.5, 0.6) is 0 Å². The molecule has 1 atom stereocenters. The standard InChI is InChI=1S/C16H27N3/c1-6-11(7-2)15-18-10-12-13(17-5)8-16(3,4)9-14(12)19-15/h10-11,13,17H,6-9H2,1-5H3. The van der Waals surface area contributed by atoms with Gasteiger partial charge in [0.15, 0.2) is 0 Å². The Hall–Kier alpha value is -0.960. The smallest absolute Gasteiger partial charge is 0.131 e. The maximum atomic E-state index is 4.90. The molecule has 2 rings (SSSR count). The average molecular weight is 261 g/mol. The van der Waals surface area contributed by atoms with Crippen molar-refractivity contribution in [1.29, 1.82) is 0 Å². The predicted molar refractivity (Wildman–Crippen MR) is 79.3 cm³/mol. The van der Waals surface area contributed by atoms with Gasteiger partial charge < -0.3 is 5.32 Å². The minimum absolute atomic E-state index is 0.320. The molecule has 0 saturated heterocycles. The van der Waals surface area contributed by atoms with Gasteiger partial charge in [-0.15, -0.1) is 0 Å². The SMILES string of the molecule is CCC(CC)c1ncc2c(n1)CC(C)(C)CC2NC. The third-order valence-corrected chi connectivity index (χ3v) is 4.40. The molecule has 0 saturated carbocycles. The lowest BCUT2D eigenvalue weighted by Crippen LogP contribution is -2.33. The van der Waals surface area contributed by atoms with Gasteiger partial charge in [0.1, 0.15) is 5.82 Å². The summed E-state index contributed by atoms with van der Waals surface area (Å²) in [6.45, 7) is 9.10. The highest BCUT2D eigenvalue weighted by atomic mass is 14.9. The zero-order valence-corrected chi connectivity index (χ0v) is 13.0. The van der Waals surface area contributed by atoms with Crippen LogP contribution in [-0.4, -0.2) is 17.0 Å². The van der Waals surface area contributed by atoms with Gasteiger partial charge in [-0.2, -0.15) is 0 Å². The molecular weight excluding hydrogens is 234 g/mol. The molecule has 0 radical (unpaired) electrons. The van der Waals surface area contributed by atoms with E-state index in [0.717, 1.165) is 31.5 Å². The van der Waals surface area contributed by atoms with Crippen LogP contribution in [0, 0.1) is 5.41 Å². The van der Waals surface area contributed by atoms with Crippen LogP contribution in [0.25, 0.3) is 0 Å². The fraction of sp³-hybridized carbons (Fsp3) is 0.750. The van der Waals surface area contributed by atoms with Gasteiger partial charge in [-0.1, -0.05) is 27.7 Å². The van der Waals surface area contributed by atoms with Gasteiger partial charge in [-0.25, -0.2) is 9.97 Å². The zero-order valence-electron chi connectivity index (χ0n) is 13.0. The summed E-state index contributed by atoms with van der Waals surface area (Å²) in [6, 6.07) is 0.398. The van der Waals surface area contributed by atoms with Crippen LogP contribution in [0.3, 0.4) is 0 Å². The van der Waals surface area contributed by atoms with E-state index < -0.39 is 0 Å². The topological polar surface area (TPSA) is 37.8 Å². The van der Waals surface area contributed by atoms with Crippen molar-refractivity contribution in [2.24, 2.45) is 5.41 Å². The van der Waals surface area contributed by atoms with Gasteiger partial charge in [0, 0.05) is 29.4 Å². The van der Waals surface area contributed by atoms with Crippen LogP contribution in [-0.2, 0) is 6.42 Å². The van der Waals surface area contributed by atoms with Crippen LogP contribution >= 0.6 is 0 Å². The maximum absolute atomic E-state index is 4.90. The second-order valence-electron chi connectivity index (χ2n) is 6.53. The average Bonchev–Trinajstić information content (AvgIpc) is 2.37. The van der Waals surface area contributed by atoms with E-state index in [1.165, 1.54) is 11.3 Å². The lowest BCUT2D eigenvalue weighted by Gasteiger charge is -2.36. The van der Waals surface area contributed by atoms with Crippen molar-refractivity contribution in [2.45, 2.75) is 65.3 Å². The molecule has 3 heteroatoms. The molecule has 1 aromatic rings. The highest BCUT2D eigenvalue weighted by molar-refractivity contribution is 5.27. The van der Waals surface area contributed by atoms with E-state index in [1.807, 2.05) is 7.05 Å². The third-order valence-electron chi connectivity index (χ3n) is 4.40. The van der Waals surface area contributed by atoms with Crippen molar-refractivity contribution in [3.8, 4) is 0 Å². The monoisotopic (exact) mass is 261 g/mol. The molecule has 0 bridgehead atoms. The van der Waals surface area contributed by atoms with Gasteiger partial charge in [0.25, 0.3) is 0 Å². The molecule has 1 aliphatic carbocycles. The van der Waals surface area contributed by atoms with Crippen LogP contribution in [0.1, 0.15) is 76.0 Å². The first-order valence-corrected chi connectivity index (χ1v) is 7.53. The Balaban J connectivity index is 2.38. The third kappa shape index (κ3) is 2.97. The van der Waals surface area contributed by atoms with Crippen LogP contribution in [0.4, 0.5) is 0 Å². The molecule has 1 unspecified atom stereocenters. The Kier molecular flexibility index (Phi) is 4.24. The van der Waals surface area contributed by atoms with E-state index in [4.69, 9.17) is 4.98 Å². The van der Waals surface area contributed by atoms with Crippen molar-refractivity contribution in [3.63, 3.8) is 0 Å². The Bertz CT molecular complexity index is 436. The molecule has 0 spiro atoms. The minimum Gasteiger partial charge on any atom is -0.313 e. The largest absolute Gasteiger partial charge is 0.313 e. The molecule has 1 N–H and O–H groups in total. The summed E-state index contributed by atoms with van der Waals surface area (Å²) in [6.07, 6.45) is 6.52. The van der Waals surface area contributed by atoms with E-state index in [9.17, 15) is 0 Å². The van der Waals surface area contributed by atoms with Crippen molar-refractivity contribution in [2.75, 3.05) is 7.05 Å². The van der Waals surface area contributed by atoms with E-state index >= 15 is 0 Å². The first-order valence-electron chi connectivity index (χ1n) is 7.53. The van der Waals surface area contributed by atoms with Crippen LogP contribution in [0.15, 0.2) is 6.20 Å². The lowest BCUT2D eigenvalue weighted by atomic mass is 9.74. The first kappa shape index (κ1) is 14.4. The molecule has 0 aromatic carbocycles. The molecule has 19 heavy (non-hydrogen) atoms. The lowest BCUT2D eigenvalue weighted by molar-refractivity contribution is 0.259. The number of fused-ring (bicyclic) bond motifs is 1.